The minimum Gasteiger partial charge on any atom is -0.497 e. The zero-order valence-electron chi connectivity index (χ0n) is 12.6. The lowest BCUT2D eigenvalue weighted by molar-refractivity contribution is 0.342. The molecule has 0 amide bonds. The monoisotopic (exact) mass is 328 g/mol. The largest absolute Gasteiger partial charge is 0.497 e. The van der Waals surface area contributed by atoms with Crippen molar-refractivity contribution in [3.8, 4) is 17.2 Å². The smallest absolute Gasteiger partial charge is 0.214 e. The number of tetrazole rings is 1. The standard InChI is InChI=1S/C16H16N4O2S/c1-21-14-7-9-15(10-8-14)22-11-12-23-16-17-18-19-20(16)13-5-3-2-4-6-13/h2-10H,11-12H2,1H3. The summed E-state index contributed by atoms with van der Waals surface area (Å²) < 4.78 is 12.5. The van der Waals surface area contributed by atoms with Gasteiger partial charge in [0.15, 0.2) is 0 Å². The molecule has 0 saturated heterocycles. The fraction of sp³-hybridized carbons (Fsp3) is 0.188. The number of aromatic nitrogens is 4. The molecular formula is C16H16N4O2S. The van der Waals surface area contributed by atoms with Gasteiger partial charge in [0.25, 0.3) is 0 Å². The van der Waals surface area contributed by atoms with Crippen LogP contribution in [-0.4, -0.2) is 39.7 Å². The Labute approximate surface area is 138 Å². The van der Waals surface area contributed by atoms with Gasteiger partial charge in [-0.05, 0) is 46.8 Å². The maximum Gasteiger partial charge on any atom is 0.214 e. The van der Waals surface area contributed by atoms with Gasteiger partial charge in [-0.2, -0.15) is 4.68 Å². The number of hydrogen-bond donors (Lipinski definition) is 0. The lowest BCUT2D eigenvalue weighted by Gasteiger charge is -2.07. The van der Waals surface area contributed by atoms with Gasteiger partial charge in [0.2, 0.25) is 5.16 Å². The zero-order valence-corrected chi connectivity index (χ0v) is 13.4. The lowest BCUT2D eigenvalue weighted by atomic mass is 10.3. The molecule has 3 rings (SSSR count). The molecule has 0 spiro atoms. The fourth-order valence-corrected chi connectivity index (χ4v) is 2.67. The third kappa shape index (κ3) is 4.01. The molecule has 7 heteroatoms. The number of nitrogens with zero attached hydrogens (tertiary/aromatic N) is 4. The van der Waals surface area contributed by atoms with Gasteiger partial charge >= 0.3 is 0 Å². The quantitative estimate of drug-likeness (QED) is 0.491. The van der Waals surface area contributed by atoms with Gasteiger partial charge in [-0.15, -0.1) is 5.10 Å². The third-order valence-electron chi connectivity index (χ3n) is 3.08. The van der Waals surface area contributed by atoms with Crippen molar-refractivity contribution < 1.29 is 9.47 Å². The minimum absolute atomic E-state index is 0.568. The summed E-state index contributed by atoms with van der Waals surface area (Å²) >= 11 is 1.55. The van der Waals surface area contributed by atoms with E-state index < -0.39 is 0 Å². The third-order valence-corrected chi connectivity index (χ3v) is 3.97. The van der Waals surface area contributed by atoms with Crippen molar-refractivity contribution in [3.05, 3.63) is 54.6 Å². The molecule has 0 aliphatic rings. The second-order valence-electron chi connectivity index (χ2n) is 4.58. The highest BCUT2D eigenvalue weighted by molar-refractivity contribution is 7.99. The molecule has 0 fully saturated rings. The second-order valence-corrected chi connectivity index (χ2v) is 5.64. The number of thioether (sulfide) groups is 1. The van der Waals surface area contributed by atoms with E-state index in [-0.39, 0.29) is 0 Å². The Morgan fingerprint density at radius 1 is 1.00 bits per heavy atom. The van der Waals surface area contributed by atoms with E-state index in [4.69, 9.17) is 9.47 Å². The first-order chi connectivity index (χ1) is 11.4. The predicted molar refractivity (Wildman–Crippen MR) is 88.4 cm³/mol. The summed E-state index contributed by atoms with van der Waals surface area (Å²) in [6.07, 6.45) is 0. The molecule has 0 N–H and O–H groups in total. The number of benzene rings is 2. The highest BCUT2D eigenvalue weighted by Crippen LogP contribution is 2.20. The molecule has 0 radical (unpaired) electrons. The van der Waals surface area contributed by atoms with E-state index in [9.17, 15) is 0 Å². The van der Waals surface area contributed by atoms with Crippen molar-refractivity contribution in [2.45, 2.75) is 5.16 Å². The van der Waals surface area contributed by atoms with E-state index >= 15 is 0 Å². The van der Waals surface area contributed by atoms with Gasteiger partial charge in [0.1, 0.15) is 11.5 Å². The van der Waals surface area contributed by atoms with Crippen LogP contribution in [0.3, 0.4) is 0 Å². The molecular weight excluding hydrogens is 312 g/mol. The van der Waals surface area contributed by atoms with Gasteiger partial charge in [-0.25, -0.2) is 0 Å². The molecule has 0 saturated carbocycles. The van der Waals surface area contributed by atoms with E-state index in [1.54, 1.807) is 23.6 Å². The summed E-state index contributed by atoms with van der Waals surface area (Å²) in [4.78, 5) is 0. The predicted octanol–water partition coefficient (Wildman–Crippen LogP) is 2.84. The Morgan fingerprint density at radius 3 is 2.48 bits per heavy atom. The molecule has 2 aromatic carbocycles. The van der Waals surface area contributed by atoms with Crippen LogP contribution in [0.1, 0.15) is 0 Å². The topological polar surface area (TPSA) is 62.1 Å². The van der Waals surface area contributed by atoms with Gasteiger partial charge in [-0.1, -0.05) is 30.0 Å². The average Bonchev–Trinajstić information content (AvgIpc) is 3.08. The molecule has 6 nitrogen and oxygen atoms in total. The summed E-state index contributed by atoms with van der Waals surface area (Å²) in [6.45, 7) is 0.568. The Kier molecular flexibility index (Phi) is 5.10. The van der Waals surface area contributed by atoms with Gasteiger partial charge in [0, 0.05) is 5.75 Å². The fourth-order valence-electron chi connectivity index (χ4n) is 1.96. The van der Waals surface area contributed by atoms with Crippen molar-refractivity contribution >= 4 is 11.8 Å². The van der Waals surface area contributed by atoms with E-state index in [2.05, 4.69) is 15.5 Å². The Bertz CT molecular complexity index is 731. The minimum atomic E-state index is 0.568. The number of rotatable bonds is 7. The molecule has 0 aliphatic carbocycles. The molecule has 0 aliphatic heterocycles. The summed E-state index contributed by atoms with van der Waals surface area (Å²) in [5.74, 6) is 2.38. The zero-order chi connectivity index (χ0) is 15.9. The van der Waals surface area contributed by atoms with E-state index in [1.165, 1.54) is 0 Å². The number of methoxy groups -OCH3 is 1. The maximum absolute atomic E-state index is 5.70. The van der Waals surface area contributed by atoms with Gasteiger partial charge in [-0.3, -0.25) is 0 Å². The Morgan fingerprint density at radius 2 is 1.74 bits per heavy atom. The van der Waals surface area contributed by atoms with Crippen molar-refractivity contribution in [2.75, 3.05) is 19.5 Å². The molecule has 23 heavy (non-hydrogen) atoms. The number of ether oxygens (including phenoxy) is 2. The average molecular weight is 328 g/mol. The Balaban J connectivity index is 1.52. The van der Waals surface area contributed by atoms with Crippen LogP contribution >= 0.6 is 11.8 Å². The molecule has 118 valence electrons. The van der Waals surface area contributed by atoms with Gasteiger partial charge in [0.05, 0.1) is 19.4 Å². The normalized spacial score (nSPS) is 10.5. The summed E-state index contributed by atoms with van der Waals surface area (Å²) in [5.41, 5.74) is 0.941. The molecule has 0 bridgehead atoms. The highest BCUT2D eigenvalue weighted by atomic mass is 32.2. The lowest BCUT2D eigenvalue weighted by Crippen LogP contribution is -2.03. The van der Waals surface area contributed by atoms with E-state index in [0.717, 1.165) is 28.1 Å². The van der Waals surface area contributed by atoms with Crippen molar-refractivity contribution in [3.63, 3.8) is 0 Å². The van der Waals surface area contributed by atoms with Crippen LogP contribution in [-0.2, 0) is 0 Å². The van der Waals surface area contributed by atoms with Crippen LogP contribution in [0.4, 0.5) is 0 Å². The highest BCUT2D eigenvalue weighted by Gasteiger charge is 2.08. The first-order valence-electron chi connectivity index (χ1n) is 7.10. The van der Waals surface area contributed by atoms with E-state index in [1.807, 2.05) is 54.6 Å². The first kappa shape index (κ1) is 15.4. The van der Waals surface area contributed by atoms with Crippen molar-refractivity contribution in [1.29, 1.82) is 0 Å². The van der Waals surface area contributed by atoms with Crippen LogP contribution in [0.15, 0.2) is 59.8 Å². The first-order valence-corrected chi connectivity index (χ1v) is 8.09. The van der Waals surface area contributed by atoms with Crippen molar-refractivity contribution in [2.24, 2.45) is 0 Å². The van der Waals surface area contributed by atoms with Crippen LogP contribution in [0.2, 0.25) is 0 Å². The van der Waals surface area contributed by atoms with Crippen molar-refractivity contribution in [1.82, 2.24) is 20.2 Å². The molecule has 0 atom stereocenters. The van der Waals surface area contributed by atoms with Crippen LogP contribution in [0.25, 0.3) is 5.69 Å². The summed E-state index contributed by atoms with van der Waals surface area (Å²) in [6, 6.07) is 17.3. The Hall–Kier alpha value is -2.54. The number of hydrogen-bond acceptors (Lipinski definition) is 6. The van der Waals surface area contributed by atoms with E-state index in [0.29, 0.717) is 6.61 Å². The number of para-hydroxylation sites is 1. The van der Waals surface area contributed by atoms with Crippen LogP contribution in [0, 0.1) is 0 Å². The van der Waals surface area contributed by atoms with Crippen LogP contribution < -0.4 is 9.47 Å². The SMILES string of the molecule is COc1ccc(OCCSc2nnnn2-c2ccccc2)cc1. The molecule has 3 aromatic rings. The maximum atomic E-state index is 5.70. The van der Waals surface area contributed by atoms with Gasteiger partial charge < -0.3 is 9.47 Å². The molecule has 1 aromatic heterocycles. The molecule has 0 unspecified atom stereocenters. The second kappa shape index (κ2) is 7.64. The van der Waals surface area contributed by atoms with Crippen LogP contribution in [0.5, 0.6) is 11.5 Å². The summed E-state index contributed by atoms with van der Waals surface area (Å²) in [7, 11) is 1.64. The molecule has 1 heterocycles. The summed E-state index contributed by atoms with van der Waals surface area (Å²) in [5, 5.41) is 12.6.